The summed E-state index contributed by atoms with van der Waals surface area (Å²) in [4.78, 5) is 13.0. The molecule has 0 aliphatic carbocycles. The van der Waals surface area contributed by atoms with Crippen molar-refractivity contribution < 1.29 is 28.6 Å². The van der Waals surface area contributed by atoms with Crippen molar-refractivity contribution >= 4 is 13.3 Å². The molecular formula is C29H51BO6. The van der Waals surface area contributed by atoms with E-state index in [2.05, 4.69) is 55.4 Å². The molecule has 0 saturated carbocycles. The molecule has 0 spiro atoms. The van der Waals surface area contributed by atoms with E-state index in [-0.39, 0.29) is 22.9 Å². The van der Waals surface area contributed by atoms with E-state index in [1.54, 1.807) is 0 Å². The lowest BCUT2D eigenvalue weighted by molar-refractivity contribution is -0.150. The molecule has 0 heterocycles. The third-order valence-electron chi connectivity index (χ3n) is 6.20. The Morgan fingerprint density at radius 3 is 1.72 bits per heavy atom. The molecule has 1 aromatic carbocycles. The second-order valence-corrected chi connectivity index (χ2v) is 11.8. The number of phenolic OH excluding ortho intramolecular Hbond substituents is 1. The van der Waals surface area contributed by atoms with Crippen LogP contribution in [-0.4, -0.2) is 44.3 Å². The molecule has 0 amide bonds. The first-order valence-electron chi connectivity index (χ1n) is 13.6. The van der Waals surface area contributed by atoms with Gasteiger partial charge in [-0.3, -0.25) is 4.79 Å². The van der Waals surface area contributed by atoms with Gasteiger partial charge in [-0.2, -0.15) is 0 Å². The highest BCUT2D eigenvalue weighted by Crippen LogP contribution is 2.41. The predicted octanol–water partition coefficient (Wildman–Crippen LogP) is 7.05. The standard InChI is InChI=1S/C29H51BO6/c1-11-13-16-33-30(34-17-14-12-2)35-18-15-21(3)36-27(32)22(4)23-19-24(28(5,6)7)26(31)25(20-23)29(8,9)10/h19-22,31H,11-18H2,1-10H3. The molecule has 36 heavy (non-hydrogen) atoms. The Bertz CT molecular complexity index is 751. The van der Waals surface area contributed by atoms with Crippen molar-refractivity contribution in [2.75, 3.05) is 19.8 Å². The van der Waals surface area contributed by atoms with Gasteiger partial charge in [0.1, 0.15) is 11.9 Å². The van der Waals surface area contributed by atoms with E-state index in [1.165, 1.54) is 0 Å². The van der Waals surface area contributed by atoms with Crippen molar-refractivity contribution in [1.29, 1.82) is 0 Å². The largest absolute Gasteiger partial charge is 0.639 e. The molecular weight excluding hydrogens is 455 g/mol. The van der Waals surface area contributed by atoms with E-state index < -0.39 is 13.2 Å². The zero-order valence-corrected chi connectivity index (χ0v) is 24.5. The van der Waals surface area contributed by atoms with Gasteiger partial charge in [0.05, 0.1) is 5.92 Å². The highest BCUT2D eigenvalue weighted by molar-refractivity contribution is 6.36. The maximum absolute atomic E-state index is 13.0. The molecule has 1 rings (SSSR count). The zero-order valence-electron chi connectivity index (χ0n) is 24.5. The van der Waals surface area contributed by atoms with Gasteiger partial charge in [0.2, 0.25) is 0 Å². The Kier molecular flexibility index (Phi) is 13.5. The highest BCUT2D eigenvalue weighted by atomic mass is 16.7. The summed E-state index contributed by atoms with van der Waals surface area (Å²) in [6.45, 7) is 21.9. The van der Waals surface area contributed by atoms with E-state index >= 15 is 0 Å². The Labute approximate surface area is 220 Å². The smallest absolute Gasteiger partial charge is 0.507 e. The number of benzene rings is 1. The second-order valence-electron chi connectivity index (χ2n) is 11.8. The molecule has 2 atom stereocenters. The van der Waals surface area contributed by atoms with Gasteiger partial charge >= 0.3 is 13.3 Å². The van der Waals surface area contributed by atoms with E-state index in [1.807, 2.05) is 26.0 Å². The van der Waals surface area contributed by atoms with Crippen LogP contribution in [0.2, 0.25) is 0 Å². The van der Waals surface area contributed by atoms with Gasteiger partial charge in [-0.05, 0) is 54.2 Å². The summed E-state index contributed by atoms with van der Waals surface area (Å²) in [5.41, 5.74) is 2.00. The van der Waals surface area contributed by atoms with E-state index in [0.29, 0.717) is 32.0 Å². The Morgan fingerprint density at radius 2 is 1.31 bits per heavy atom. The van der Waals surface area contributed by atoms with Crippen molar-refractivity contribution in [3.8, 4) is 5.75 Å². The van der Waals surface area contributed by atoms with Crippen LogP contribution in [-0.2, 0) is 34.3 Å². The summed E-state index contributed by atoms with van der Waals surface area (Å²) in [6, 6.07) is 3.88. The maximum Gasteiger partial charge on any atom is 0.639 e. The maximum atomic E-state index is 13.0. The number of unbranched alkanes of at least 4 members (excludes halogenated alkanes) is 2. The molecule has 0 radical (unpaired) electrons. The monoisotopic (exact) mass is 506 g/mol. The first-order valence-corrected chi connectivity index (χ1v) is 13.6. The number of carbonyl (C=O) groups excluding carboxylic acids is 1. The third-order valence-corrected chi connectivity index (χ3v) is 6.20. The molecule has 0 fully saturated rings. The number of ether oxygens (including phenoxy) is 1. The van der Waals surface area contributed by atoms with Crippen molar-refractivity contribution in [1.82, 2.24) is 0 Å². The molecule has 1 aromatic rings. The molecule has 6 nitrogen and oxygen atoms in total. The van der Waals surface area contributed by atoms with Gasteiger partial charge < -0.3 is 23.8 Å². The van der Waals surface area contributed by atoms with Crippen LogP contribution < -0.4 is 0 Å². The van der Waals surface area contributed by atoms with Gasteiger partial charge in [-0.15, -0.1) is 0 Å². The van der Waals surface area contributed by atoms with Crippen LogP contribution >= 0.6 is 0 Å². The molecule has 0 aromatic heterocycles. The van der Waals surface area contributed by atoms with Crippen LogP contribution in [0, 0.1) is 0 Å². The Morgan fingerprint density at radius 1 is 0.861 bits per heavy atom. The van der Waals surface area contributed by atoms with Crippen LogP contribution in [0.15, 0.2) is 12.1 Å². The van der Waals surface area contributed by atoms with Crippen LogP contribution in [0.3, 0.4) is 0 Å². The number of hydrogen-bond donors (Lipinski definition) is 1. The van der Waals surface area contributed by atoms with Crippen LogP contribution in [0.1, 0.15) is 124 Å². The normalized spacial score (nSPS) is 13.9. The summed E-state index contributed by atoms with van der Waals surface area (Å²) in [5.74, 6) is -0.441. The average molecular weight is 507 g/mol. The van der Waals surface area contributed by atoms with Gasteiger partial charge in [-0.25, -0.2) is 0 Å². The van der Waals surface area contributed by atoms with Gasteiger partial charge in [0.25, 0.3) is 0 Å². The van der Waals surface area contributed by atoms with E-state index in [9.17, 15) is 9.90 Å². The van der Waals surface area contributed by atoms with E-state index in [0.717, 1.165) is 42.4 Å². The molecule has 0 aliphatic heterocycles. The van der Waals surface area contributed by atoms with Crippen molar-refractivity contribution in [3.05, 3.63) is 28.8 Å². The number of aromatic hydroxyl groups is 1. The van der Waals surface area contributed by atoms with Gasteiger partial charge in [0.15, 0.2) is 0 Å². The first-order chi connectivity index (χ1) is 16.7. The number of phenols is 1. The summed E-state index contributed by atoms with van der Waals surface area (Å²) >= 11 is 0. The topological polar surface area (TPSA) is 74.2 Å². The fourth-order valence-electron chi connectivity index (χ4n) is 3.67. The van der Waals surface area contributed by atoms with Crippen molar-refractivity contribution in [2.24, 2.45) is 0 Å². The van der Waals surface area contributed by atoms with Crippen LogP contribution in [0.25, 0.3) is 0 Å². The summed E-state index contributed by atoms with van der Waals surface area (Å²) < 4.78 is 23.0. The second kappa shape index (κ2) is 15.0. The number of rotatable bonds is 15. The van der Waals surface area contributed by atoms with Crippen molar-refractivity contribution in [3.63, 3.8) is 0 Å². The van der Waals surface area contributed by atoms with Gasteiger partial charge in [-0.1, -0.05) is 80.4 Å². The molecule has 1 N–H and O–H groups in total. The Hall–Kier alpha value is -1.57. The molecule has 2 unspecified atom stereocenters. The highest BCUT2D eigenvalue weighted by Gasteiger charge is 2.29. The minimum absolute atomic E-state index is 0.261. The van der Waals surface area contributed by atoms with Crippen LogP contribution in [0.5, 0.6) is 5.75 Å². The SMILES string of the molecule is CCCCOB(OCCCC)OCCC(C)OC(=O)C(C)c1cc(C(C)(C)C)c(O)c(C(C)(C)C)c1. The molecule has 0 aliphatic rings. The first kappa shape index (κ1) is 32.5. The predicted molar refractivity (Wildman–Crippen MR) is 148 cm³/mol. The van der Waals surface area contributed by atoms with Crippen molar-refractivity contribution in [2.45, 2.75) is 124 Å². The van der Waals surface area contributed by atoms with E-state index in [4.69, 9.17) is 18.7 Å². The lowest BCUT2D eigenvalue weighted by atomic mass is 9.77. The summed E-state index contributed by atoms with van der Waals surface area (Å²) in [5, 5.41) is 11.0. The lowest BCUT2D eigenvalue weighted by Crippen LogP contribution is -2.30. The minimum atomic E-state index is -0.687. The number of hydrogen-bond acceptors (Lipinski definition) is 6. The molecule has 206 valence electrons. The Balaban J connectivity index is 2.81. The van der Waals surface area contributed by atoms with Gasteiger partial charge in [0, 0.05) is 26.2 Å². The zero-order chi connectivity index (χ0) is 27.5. The number of carbonyl (C=O) groups is 1. The molecule has 0 bridgehead atoms. The fourth-order valence-corrected chi connectivity index (χ4v) is 3.67. The number of esters is 1. The summed E-state index contributed by atoms with van der Waals surface area (Å²) in [7, 11) is -0.687. The molecule has 7 heteroatoms. The van der Waals surface area contributed by atoms with Crippen LogP contribution in [0.4, 0.5) is 0 Å². The molecule has 0 saturated heterocycles. The average Bonchev–Trinajstić information content (AvgIpc) is 2.77. The fraction of sp³-hybridized carbons (Fsp3) is 0.759. The lowest BCUT2D eigenvalue weighted by Gasteiger charge is -2.29. The quantitative estimate of drug-likeness (QED) is 0.156. The third kappa shape index (κ3) is 10.8. The summed E-state index contributed by atoms with van der Waals surface area (Å²) in [6.07, 6.45) is 4.22. The minimum Gasteiger partial charge on any atom is -0.507 e.